The van der Waals surface area contributed by atoms with E-state index in [4.69, 9.17) is 0 Å². The maximum atomic E-state index is 2.41. The van der Waals surface area contributed by atoms with Gasteiger partial charge >= 0.3 is 0 Å². The fourth-order valence-electron chi connectivity index (χ4n) is 5.95. The monoisotopic (exact) mass is 486 g/mol. The van der Waals surface area contributed by atoms with Crippen LogP contribution in [0.2, 0.25) is 0 Å². The Morgan fingerprint density at radius 2 is 0.919 bits per heavy atom. The molecule has 0 fully saturated rings. The Morgan fingerprint density at radius 1 is 0.324 bits per heavy atom. The van der Waals surface area contributed by atoms with Gasteiger partial charge in [-0.25, -0.2) is 0 Å². The van der Waals surface area contributed by atoms with Crippen molar-refractivity contribution < 1.29 is 0 Å². The van der Waals surface area contributed by atoms with Crippen molar-refractivity contribution in [3.8, 4) is 22.3 Å². The van der Waals surface area contributed by atoms with Gasteiger partial charge in [0.2, 0.25) is 0 Å². The first-order chi connectivity index (χ1) is 18.3. The predicted molar refractivity (Wildman–Crippen MR) is 163 cm³/mol. The number of thiophene rings is 1. The summed E-state index contributed by atoms with van der Waals surface area (Å²) in [5, 5.41) is 10.5. The van der Waals surface area contributed by atoms with Gasteiger partial charge in [0, 0.05) is 20.2 Å². The third-order valence-electron chi connectivity index (χ3n) is 7.64. The Balaban J connectivity index is 1.51. The molecule has 1 aromatic heterocycles. The maximum absolute atomic E-state index is 2.41. The van der Waals surface area contributed by atoms with E-state index in [0.717, 1.165) is 0 Å². The molecule has 0 aliphatic carbocycles. The van der Waals surface area contributed by atoms with Crippen LogP contribution in [0.3, 0.4) is 0 Å². The summed E-state index contributed by atoms with van der Waals surface area (Å²) in [6.45, 7) is 0. The Bertz CT molecular complexity index is 2130. The van der Waals surface area contributed by atoms with Crippen LogP contribution in [0.4, 0.5) is 0 Å². The molecular weight excluding hydrogens is 464 g/mol. The number of hydrogen-bond acceptors (Lipinski definition) is 1. The van der Waals surface area contributed by atoms with Gasteiger partial charge in [0.05, 0.1) is 0 Å². The summed E-state index contributed by atoms with van der Waals surface area (Å²) in [6, 6.07) is 49.0. The van der Waals surface area contributed by atoms with Gasteiger partial charge in [-0.3, -0.25) is 0 Å². The fourth-order valence-corrected chi connectivity index (χ4v) is 7.10. The molecule has 1 heteroatoms. The molecule has 0 N–H and O–H groups in total. The highest BCUT2D eigenvalue weighted by molar-refractivity contribution is 7.25. The highest BCUT2D eigenvalue weighted by atomic mass is 32.1. The molecular formula is C36H22S. The zero-order valence-electron chi connectivity index (χ0n) is 20.1. The smallest absolute Gasteiger partial charge is 0.0361 e. The molecule has 0 aliphatic rings. The van der Waals surface area contributed by atoms with Crippen molar-refractivity contribution in [1.82, 2.24) is 0 Å². The zero-order chi connectivity index (χ0) is 24.3. The molecule has 8 aromatic rings. The lowest BCUT2D eigenvalue weighted by atomic mass is 9.87. The van der Waals surface area contributed by atoms with E-state index in [-0.39, 0.29) is 0 Å². The molecule has 0 aliphatic heterocycles. The van der Waals surface area contributed by atoms with E-state index in [1.165, 1.54) is 74.7 Å². The number of hydrogen-bond donors (Lipinski definition) is 0. The van der Waals surface area contributed by atoms with Crippen LogP contribution < -0.4 is 0 Å². The normalized spacial score (nSPS) is 11.8. The number of rotatable bonds is 2. The molecule has 0 amide bonds. The molecule has 37 heavy (non-hydrogen) atoms. The second-order valence-electron chi connectivity index (χ2n) is 9.71. The van der Waals surface area contributed by atoms with E-state index in [1.54, 1.807) is 0 Å². The molecule has 0 radical (unpaired) electrons. The van der Waals surface area contributed by atoms with Crippen LogP contribution in [-0.2, 0) is 0 Å². The van der Waals surface area contributed by atoms with E-state index in [9.17, 15) is 0 Å². The molecule has 1 heterocycles. The van der Waals surface area contributed by atoms with E-state index in [2.05, 4.69) is 133 Å². The molecule has 0 spiro atoms. The van der Waals surface area contributed by atoms with Crippen molar-refractivity contribution >= 4 is 63.8 Å². The van der Waals surface area contributed by atoms with Crippen molar-refractivity contribution in [1.29, 1.82) is 0 Å². The third kappa shape index (κ3) is 3.15. The van der Waals surface area contributed by atoms with Gasteiger partial charge in [-0.05, 0) is 78.8 Å². The first-order valence-electron chi connectivity index (χ1n) is 12.7. The average molecular weight is 487 g/mol. The van der Waals surface area contributed by atoms with E-state index >= 15 is 0 Å². The van der Waals surface area contributed by atoms with E-state index < -0.39 is 0 Å². The van der Waals surface area contributed by atoms with Crippen LogP contribution in [0.25, 0.3) is 74.7 Å². The van der Waals surface area contributed by atoms with Gasteiger partial charge in [0.1, 0.15) is 0 Å². The summed E-state index contributed by atoms with van der Waals surface area (Å²) in [7, 11) is 0. The van der Waals surface area contributed by atoms with Crippen LogP contribution in [0, 0.1) is 0 Å². The minimum absolute atomic E-state index is 1.25. The Labute approximate surface area is 219 Å². The Kier molecular flexibility index (Phi) is 4.49. The van der Waals surface area contributed by atoms with Gasteiger partial charge < -0.3 is 0 Å². The summed E-state index contributed by atoms with van der Waals surface area (Å²) in [5.41, 5.74) is 5.05. The van der Waals surface area contributed by atoms with Crippen LogP contribution in [-0.4, -0.2) is 0 Å². The third-order valence-corrected chi connectivity index (χ3v) is 8.77. The van der Waals surface area contributed by atoms with Crippen LogP contribution in [0.15, 0.2) is 133 Å². The summed E-state index contributed by atoms with van der Waals surface area (Å²) in [5.74, 6) is 0. The highest BCUT2D eigenvalue weighted by Gasteiger charge is 2.15. The molecule has 8 rings (SSSR count). The molecule has 0 saturated heterocycles. The van der Waals surface area contributed by atoms with Gasteiger partial charge in [-0.1, -0.05) is 109 Å². The second kappa shape index (κ2) is 8.03. The first-order valence-corrected chi connectivity index (χ1v) is 13.5. The number of fused-ring (bicyclic) bond motifs is 9. The minimum atomic E-state index is 1.25. The van der Waals surface area contributed by atoms with Crippen LogP contribution in [0.5, 0.6) is 0 Å². The fraction of sp³-hybridized carbons (Fsp3) is 0. The van der Waals surface area contributed by atoms with Crippen molar-refractivity contribution in [2.45, 2.75) is 0 Å². The van der Waals surface area contributed by atoms with Crippen molar-refractivity contribution in [3.05, 3.63) is 133 Å². The summed E-state index contributed by atoms with van der Waals surface area (Å²) < 4.78 is 2.68. The van der Waals surface area contributed by atoms with Gasteiger partial charge in [-0.2, -0.15) is 0 Å². The van der Waals surface area contributed by atoms with Gasteiger partial charge in [-0.15, -0.1) is 11.3 Å². The predicted octanol–water partition coefficient (Wildman–Crippen LogP) is 10.8. The number of benzene rings is 7. The van der Waals surface area contributed by atoms with E-state index in [1.807, 2.05) is 11.3 Å². The van der Waals surface area contributed by atoms with Crippen molar-refractivity contribution in [2.75, 3.05) is 0 Å². The zero-order valence-corrected chi connectivity index (χ0v) is 20.9. The molecule has 0 saturated carbocycles. The van der Waals surface area contributed by atoms with Crippen LogP contribution in [0.1, 0.15) is 0 Å². The van der Waals surface area contributed by atoms with Crippen LogP contribution >= 0.6 is 11.3 Å². The van der Waals surface area contributed by atoms with Gasteiger partial charge in [0.25, 0.3) is 0 Å². The molecule has 0 unspecified atom stereocenters. The van der Waals surface area contributed by atoms with Gasteiger partial charge in [0.15, 0.2) is 0 Å². The minimum Gasteiger partial charge on any atom is -0.135 e. The second-order valence-corrected chi connectivity index (χ2v) is 10.8. The molecule has 172 valence electrons. The largest absolute Gasteiger partial charge is 0.135 e. The van der Waals surface area contributed by atoms with E-state index in [0.29, 0.717) is 0 Å². The first kappa shape index (κ1) is 20.7. The Hall–Kier alpha value is -4.46. The summed E-state index contributed by atoms with van der Waals surface area (Å²) in [4.78, 5) is 0. The summed E-state index contributed by atoms with van der Waals surface area (Å²) >= 11 is 1.88. The lowest BCUT2D eigenvalue weighted by molar-refractivity contribution is 1.65. The van der Waals surface area contributed by atoms with Crippen molar-refractivity contribution in [2.24, 2.45) is 0 Å². The van der Waals surface area contributed by atoms with Crippen molar-refractivity contribution in [3.63, 3.8) is 0 Å². The lowest BCUT2D eigenvalue weighted by Gasteiger charge is -2.17. The maximum Gasteiger partial charge on any atom is 0.0361 e. The molecule has 0 nitrogen and oxygen atoms in total. The quantitative estimate of drug-likeness (QED) is 0.213. The molecule has 0 atom stereocenters. The lowest BCUT2D eigenvalue weighted by Crippen LogP contribution is -1.89. The average Bonchev–Trinajstić information content (AvgIpc) is 3.35. The molecule has 0 bridgehead atoms. The standard InChI is InChI=1S/C36H22S/c1-2-10-23(11-3-1)32-20-25(24-18-19-30-29-15-8-9-17-34(29)37-35(30)22-24)21-33-28-14-5-4-12-26(28)27-13-6-7-16-31(27)36(32)33/h1-22H. The summed E-state index contributed by atoms with van der Waals surface area (Å²) in [6.07, 6.45) is 0. The highest BCUT2D eigenvalue weighted by Crippen LogP contribution is 2.43. The molecule has 7 aromatic carbocycles. The SMILES string of the molecule is c1ccc(-c2cc(-c3ccc4c(c3)sc3ccccc34)cc3c4ccccc4c4ccccc4c23)cc1. The topological polar surface area (TPSA) is 0 Å². The Morgan fingerprint density at radius 3 is 1.70 bits per heavy atom.